The van der Waals surface area contributed by atoms with Crippen LogP contribution in [0.1, 0.15) is 143 Å². The Bertz CT molecular complexity index is 590. The smallest absolute Gasteiger partial charge is 0.309 e. The molecule has 3 rings (SSSR count). The normalized spacial score (nSPS) is 37.9. The summed E-state index contributed by atoms with van der Waals surface area (Å²) in [5.74, 6) is 2.70. The molecular formula is C31H55FO2. The Morgan fingerprint density at radius 1 is 0.882 bits per heavy atom. The van der Waals surface area contributed by atoms with Crippen molar-refractivity contribution in [3.05, 3.63) is 0 Å². The topological polar surface area (TPSA) is 37.3 Å². The van der Waals surface area contributed by atoms with Crippen molar-refractivity contribution in [2.45, 2.75) is 149 Å². The molecule has 0 amide bonds. The Hall–Kier alpha value is -0.600. The second-order valence-corrected chi connectivity index (χ2v) is 12.7. The minimum Gasteiger partial charge on any atom is -0.481 e. The molecule has 0 heterocycles. The van der Waals surface area contributed by atoms with E-state index in [2.05, 4.69) is 20.8 Å². The fraction of sp³-hybridized carbons (Fsp3) is 0.968. The van der Waals surface area contributed by atoms with Crippen LogP contribution in [0, 0.1) is 40.9 Å². The predicted molar refractivity (Wildman–Crippen MR) is 141 cm³/mol. The lowest BCUT2D eigenvalue weighted by atomic mass is 9.58. The molecule has 3 aliphatic carbocycles. The van der Waals surface area contributed by atoms with Crippen molar-refractivity contribution in [3.63, 3.8) is 0 Å². The van der Waals surface area contributed by atoms with Crippen LogP contribution in [-0.4, -0.2) is 17.2 Å². The summed E-state index contributed by atoms with van der Waals surface area (Å²) in [6.07, 6.45) is 22.4. The third-order valence-electron chi connectivity index (χ3n) is 10.8. The Kier molecular flexibility index (Phi) is 11.2. The van der Waals surface area contributed by atoms with Crippen LogP contribution in [0.4, 0.5) is 4.39 Å². The first kappa shape index (κ1) is 28.0. The monoisotopic (exact) mass is 478 g/mol. The highest BCUT2D eigenvalue weighted by molar-refractivity contribution is 5.70. The van der Waals surface area contributed by atoms with Crippen molar-refractivity contribution >= 4 is 5.97 Å². The first-order valence-corrected chi connectivity index (χ1v) is 15.3. The molecule has 0 aromatic rings. The van der Waals surface area contributed by atoms with E-state index in [9.17, 15) is 14.3 Å². The first-order chi connectivity index (χ1) is 16.4. The average Bonchev–Trinajstić information content (AvgIpc) is 2.84. The second-order valence-electron chi connectivity index (χ2n) is 12.7. The van der Waals surface area contributed by atoms with Gasteiger partial charge in [-0.15, -0.1) is 0 Å². The molecule has 0 aromatic heterocycles. The molecule has 0 bridgehead atoms. The maximum atomic E-state index is 14.9. The molecule has 1 N–H and O–H groups in total. The molecule has 2 nitrogen and oxygen atoms in total. The number of carboxylic acid groups (broad SMARTS) is 1. The molecule has 0 spiro atoms. The van der Waals surface area contributed by atoms with E-state index in [0.717, 1.165) is 49.4 Å². The zero-order valence-corrected chi connectivity index (χ0v) is 22.7. The number of halogens is 1. The molecule has 34 heavy (non-hydrogen) atoms. The molecule has 0 radical (unpaired) electrons. The number of hydrogen-bond acceptors (Lipinski definition) is 1. The standard InChI is InChI=1S/C31H55FO2/c1-4-7-8-23-9-14-25(15-10-23)26-16-11-24(12-17-26)13-18-27(6-3)31(20-5-2)21-19-28(30(33)34)29(32)22-31/h23-29H,4-22H2,1-3H3,(H,33,34). The van der Waals surface area contributed by atoms with Gasteiger partial charge in [-0.1, -0.05) is 85.0 Å². The molecule has 3 fully saturated rings. The minimum atomic E-state index is -1.17. The van der Waals surface area contributed by atoms with E-state index in [0.29, 0.717) is 18.8 Å². The fourth-order valence-electron chi connectivity index (χ4n) is 8.60. The highest BCUT2D eigenvalue weighted by Crippen LogP contribution is 2.52. The lowest BCUT2D eigenvalue weighted by Crippen LogP contribution is -2.42. The third-order valence-corrected chi connectivity index (χ3v) is 10.8. The van der Waals surface area contributed by atoms with Crippen molar-refractivity contribution in [1.29, 1.82) is 0 Å². The number of carboxylic acids is 1. The molecular weight excluding hydrogens is 423 g/mol. The summed E-state index contributed by atoms with van der Waals surface area (Å²) in [5.41, 5.74) is 0.0302. The quantitative estimate of drug-likeness (QED) is 0.303. The van der Waals surface area contributed by atoms with Gasteiger partial charge in [-0.05, 0) is 92.8 Å². The summed E-state index contributed by atoms with van der Waals surface area (Å²) in [6, 6.07) is 0. The molecule has 0 aliphatic heterocycles. The van der Waals surface area contributed by atoms with Gasteiger partial charge in [-0.2, -0.15) is 0 Å². The predicted octanol–water partition coefficient (Wildman–Crippen LogP) is 9.61. The van der Waals surface area contributed by atoms with Crippen molar-refractivity contribution in [2.24, 2.45) is 40.9 Å². The Morgan fingerprint density at radius 2 is 1.47 bits per heavy atom. The molecule has 0 saturated heterocycles. The van der Waals surface area contributed by atoms with Gasteiger partial charge in [0.1, 0.15) is 6.17 Å². The van der Waals surface area contributed by atoms with Crippen LogP contribution < -0.4 is 0 Å². The van der Waals surface area contributed by atoms with Gasteiger partial charge in [0.15, 0.2) is 0 Å². The highest BCUT2D eigenvalue weighted by Gasteiger charge is 2.46. The highest BCUT2D eigenvalue weighted by atomic mass is 19.1. The Morgan fingerprint density at radius 3 is 1.94 bits per heavy atom. The van der Waals surface area contributed by atoms with E-state index in [1.165, 1.54) is 83.5 Å². The molecule has 3 heteroatoms. The number of unbranched alkanes of at least 4 members (excludes halogenated alkanes) is 1. The van der Waals surface area contributed by atoms with Gasteiger partial charge >= 0.3 is 5.97 Å². The maximum Gasteiger partial charge on any atom is 0.309 e. The summed E-state index contributed by atoms with van der Waals surface area (Å²) < 4.78 is 14.9. The van der Waals surface area contributed by atoms with Crippen molar-refractivity contribution < 1.29 is 14.3 Å². The molecule has 3 saturated carbocycles. The van der Waals surface area contributed by atoms with Gasteiger partial charge in [0.25, 0.3) is 0 Å². The summed E-state index contributed by atoms with van der Waals surface area (Å²) in [6.45, 7) is 6.81. The van der Waals surface area contributed by atoms with Crippen LogP contribution in [0.15, 0.2) is 0 Å². The van der Waals surface area contributed by atoms with Gasteiger partial charge in [0.05, 0.1) is 5.92 Å². The molecule has 4 unspecified atom stereocenters. The SMILES string of the molecule is CCCCC1CCC(C2CCC(CCC(CC)C3(CCC)CCC(C(=O)O)C(F)C3)CC2)CC1. The van der Waals surface area contributed by atoms with Crippen LogP contribution in [0.2, 0.25) is 0 Å². The second kappa shape index (κ2) is 13.6. The van der Waals surface area contributed by atoms with Gasteiger partial charge < -0.3 is 5.11 Å². The Labute approximate surface area is 210 Å². The van der Waals surface area contributed by atoms with Gasteiger partial charge in [-0.3, -0.25) is 4.79 Å². The zero-order valence-electron chi connectivity index (χ0n) is 22.7. The lowest BCUT2D eigenvalue weighted by Gasteiger charge is -2.47. The van der Waals surface area contributed by atoms with Crippen molar-refractivity contribution in [2.75, 3.05) is 0 Å². The Balaban J connectivity index is 1.45. The van der Waals surface area contributed by atoms with E-state index in [-0.39, 0.29) is 5.41 Å². The van der Waals surface area contributed by atoms with Crippen LogP contribution in [0.25, 0.3) is 0 Å². The van der Waals surface area contributed by atoms with Crippen LogP contribution in [0.3, 0.4) is 0 Å². The molecule has 4 atom stereocenters. The van der Waals surface area contributed by atoms with Crippen LogP contribution in [-0.2, 0) is 4.79 Å². The van der Waals surface area contributed by atoms with E-state index >= 15 is 0 Å². The van der Waals surface area contributed by atoms with Gasteiger partial charge in [0, 0.05) is 0 Å². The molecule has 198 valence electrons. The van der Waals surface area contributed by atoms with Crippen LogP contribution >= 0.6 is 0 Å². The van der Waals surface area contributed by atoms with E-state index < -0.39 is 18.1 Å². The zero-order chi connectivity index (χ0) is 24.6. The number of aliphatic carboxylic acids is 1. The fourth-order valence-corrected chi connectivity index (χ4v) is 8.60. The first-order valence-electron chi connectivity index (χ1n) is 15.3. The summed E-state index contributed by atoms with van der Waals surface area (Å²) >= 11 is 0. The maximum absolute atomic E-state index is 14.9. The molecule has 3 aliphatic rings. The average molecular weight is 479 g/mol. The summed E-state index contributed by atoms with van der Waals surface area (Å²) in [4.78, 5) is 11.5. The van der Waals surface area contributed by atoms with Gasteiger partial charge in [-0.25, -0.2) is 4.39 Å². The summed E-state index contributed by atoms with van der Waals surface area (Å²) in [5, 5.41) is 9.40. The van der Waals surface area contributed by atoms with Crippen molar-refractivity contribution in [1.82, 2.24) is 0 Å². The van der Waals surface area contributed by atoms with E-state index in [1.807, 2.05) is 0 Å². The largest absolute Gasteiger partial charge is 0.481 e. The third kappa shape index (κ3) is 7.22. The number of hydrogen-bond donors (Lipinski definition) is 1. The van der Waals surface area contributed by atoms with E-state index in [4.69, 9.17) is 0 Å². The minimum absolute atomic E-state index is 0.0302. The lowest BCUT2D eigenvalue weighted by molar-refractivity contribution is -0.148. The number of rotatable bonds is 12. The number of carbonyl (C=O) groups is 1. The number of alkyl halides is 1. The van der Waals surface area contributed by atoms with Crippen molar-refractivity contribution in [3.8, 4) is 0 Å². The summed E-state index contributed by atoms with van der Waals surface area (Å²) in [7, 11) is 0. The molecule has 0 aromatic carbocycles. The van der Waals surface area contributed by atoms with Gasteiger partial charge in [0.2, 0.25) is 0 Å². The van der Waals surface area contributed by atoms with E-state index in [1.54, 1.807) is 0 Å². The van der Waals surface area contributed by atoms with Crippen LogP contribution in [0.5, 0.6) is 0 Å².